The van der Waals surface area contributed by atoms with Crippen LogP contribution >= 0.6 is 0 Å². The third-order valence-corrected chi connectivity index (χ3v) is 4.52. The molecule has 2 aliphatic carbocycles. The van der Waals surface area contributed by atoms with E-state index in [4.69, 9.17) is 0 Å². The summed E-state index contributed by atoms with van der Waals surface area (Å²) < 4.78 is 0. The first-order valence-corrected chi connectivity index (χ1v) is 7.96. The molecule has 0 radical (unpaired) electrons. The molecule has 4 heteroatoms. The molecule has 2 aliphatic rings. The van der Waals surface area contributed by atoms with Crippen molar-refractivity contribution < 1.29 is 9.59 Å². The molecule has 5 unspecified atom stereocenters. The maximum Gasteiger partial charge on any atom is 0.223 e. The Balaban J connectivity index is 1.77. The molecule has 0 aromatic rings. The van der Waals surface area contributed by atoms with Gasteiger partial charge in [-0.05, 0) is 37.0 Å². The van der Waals surface area contributed by atoms with Crippen LogP contribution in [0.2, 0.25) is 0 Å². The molecular formula is C16H28N2O2. The van der Waals surface area contributed by atoms with E-state index in [0.29, 0.717) is 24.3 Å². The van der Waals surface area contributed by atoms with Gasteiger partial charge in [-0.1, -0.05) is 27.7 Å². The normalized spacial score (nSPS) is 32.6. The Labute approximate surface area is 122 Å². The first-order chi connectivity index (χ1) is 9.38. The highest BCUT2D eigenvalue weighted by molar-refractivity contribution is 5.82. The molecule has 2 N–H and O–H groups in total. The summed E-state index contributed by atoms with van der Waals surface area (Å²) in [5.74, 6) is 2.28. The summed E-state index contributed by atoms with van der Waals surface area (Å²) in [5.41, 5.74) is 0. The van der Waals surface area contributed by atoms with Crippen LogP contribution in [0.15, 0.2) is 0 Å². The Morgan fingerprint density at radius 2 is 1.55 bits per heavy atom. The molecule has 20 heavy (non-hydrogen) atoms. The van der Waals surface area contributed by atoms with Gasteiger partial charge in [0.1, 0.15) is 0 Å². The highest BCUT2D eigenvalue weighted by Crippen LogP contribution is 2.38. The van der Waals surface area contributed by atoms with Gasteiger partial charge in [0.15, 0.2) is 0 Å². The molecule has 0 aliphatic heterocycles. The number of carbonyl (C=O) groups excluding carboxylic acids is 2. The van der Waals surface area contributed by atoms with E-state index in [1.165, 1.54) is 0 Å². The Morgan fingerprint density at radius 1 is 1.05 bits per heavy atom. The molecule has 114 valence electrons. The van der Waals surface area contributed by atoms with Crippen molar-refractivity contribution in [3.8, 4) is 0 Å². The third-order valence-electron chi connectivity index (χ3n) is 4.52. The zero-order valence-electron chi connectivity index (χ0n) is 13.1. The minimum absolute atomic E-state index is 0.0632. The Hall–Kier alpha value is -1.06. The minimum atomic E-state index is 0.0632. The Morgan fingerprint density at radius 3 is 2.00 bits per heavy atom. The molecule has 2 rings (SSSR count). The fraction of sp³-hybridized carbons (Fsp3) is 0.875. The standard InChI is InChI=1S/C16H28N2O2/c1-9(2)5-12(18-16(20)14-7-11(14)4)8-17-15(19)13-6-10(13)3/h9-14H,5-8H2,1-4H3,(H,17,19)(H,18,20). The van der Waals surface area contributed by atoms with Crippen LogP contribution < -0.4 is 10.6 Å². The van der Waals surface area contributed by atoms with Crippen LogP contribution in [0.3, 0.4) is 0 Å². The van der Waals surface area contributed by atoms with Crippen LogP contribution in [-0.2, 0) is 9.59 Å². The van der Waals surface area contributed by atoms with Gasteiger partial charge < -0.3 is 10.6 Å². The van der Waals surface area contributed by atoms with Gasteiger partial charge >= 0.3 is 0 Å². The molecular weight excluding hydrogens is 252 g/mol. The average Bonchev–Trinajstić information content (AvgIpc) is 3.24. The fourth-order valence-corrected chi connectivity index (χ4v) is 2.80. The summed E-state index contributed by atoms with van der Waals surface area (Å²) in [6.45, 7) is 9.06. The van der Waals surface area contributed by atoms with E-state index in [1.54, 1.807) is 0 Å². The molecule has 0 saturated heterocycles. The van der Waals surface area contributed by atoms with E-state index in [-0.39, 0.29) is 29.7 Å². The predicted octanol–water partition coefficient (Wildman–Crippen LogP) is 1.95. The van der Waals surface area contributed by atoms with Gasteiger partial charge in [0.25, 0.3) is 0 Å². The zero-order valence-corrected chi connectivity index (χ0v) is 13.1. The van der Waals surface area contributed by atoms with Gasteiger partial charge in [-0.15, -0.1) is 0 Å². The Kier molecular flexibility index (Phi) is 4.71. The van der Waals surface area contributed by atoms with Gasteiger partial charge in [0, 0.05) is 24.4 Å². The third kappa shape index (κ3) is 4.22. The second-order valence-electron chi connectivity index (χ2n) is 7.22. The lowest BCUT2D eigenvalue weighted by molar-refractivity contribution is -0.125. The van der Waals surface area contributed by atoms with Crippen molar-refractivity contribution in [1.29, 1.82) is 0 Å². The number of amides is 2. The molecule has 0 heterocycles. The van der Waals surface area contributed by atoms with Crippen LogP contribution in [0.5, 0.6) is 0 Å². The van der Waals surface area contributed by atoms with Crippen molar-refractivity contribution >= 4 is 11.8 Å². The maximum atomic E-state index is 12.0. The van der Waals surface area contributed by atoms with Gasteiger partial charge in [0.05, 0.1) is 0 Å². The molecule has 5 atom stereocenters. The van der Waals surface area contributed by atoms with E-state index < -0.39 is 0 Å². The van der Waals surface area contributed by atoms with Crippen LogP contribution in [0.4, 0.5) is 0 Å². The molecule has 0 aromatic heterocycles. The van der Waals surface area contributed by atoms with E-state index in [1.807, 2.05) is 0 Å². The minimum Gasteiger partial charge on any atom is -0.354 e. The monoisotopic (exact) mass is 280 g/mol. The highest BCUT2D eigenvalue weighted by Gasteiger charge is 2.40. The lowest BCUT2D eigenvalue weighted by Crippen LogP contribution is -2.45. The first-order valence-electron chi connectivity index (χ1n) is 7.96. The molecule has 0 aromatic carbocycles. The largest absolute Gasteiger partial charge is 0.354 e. The smallest absolute Gasteiger partial charge is 0.223 e. The highest BCUT2D eigenvalue weighted by atomic mass is 16.2. The zero-order chi connectivity index (χ0) is 14.9. The summed E-state index contributed by atoms with van der Waals surface area (Å²) in [6, 6.07) is 0.0632. The molecule has 2 saturated carbocycles. The predicted molar refractivity (Wildman–Crippen MR) is 78.9 cm³/mol. The lowest BCUT2D eigenvalue weighted by Gasteiger charge is -2.21. The second-order valence-corrected chi connectivity index (χ2v) is 7.22. The van der Waals surface area contributed by atoms with Crippen LogP contribution in [-0.4, -0.2) is 24.4 Å². The topological polar surface area (TPSA) is 58.2 Å². The number of rotatable bonds is 7. The van der Waals surface area contributed by atoms with E-state index in [9.17, 15) is 9.59 Å². The fourth-order valence-electron chi connectivity index (χ4n) is 2.80. The van der Waals surface area contributed by atoms with Gasteiger partial charge in [-0.2, -0.15) is 0 Å². The maximum absolute atomic E-state index is 12.0. The summed E-state index contributed by atoms with van der Waals surface area (Å²) >= 11 is 0. The average molecular weight is 280 g/mol. The van der Waals surface area contributed by atoms with E-state index in [2.05, 4.69) is 38.3 Å². The second kappa shape index (κ2) is 6.15. The van der Waals surface area contributed by atoms with Gasteiger partial charge in [-0.3, -0.25) is 9.59 Å². The summed E-state index contributed by atoms with van der Waals surface area (Å²) in [6.07, 6.45) is 2.92. The molecule has 2 fully saturated rings. The first kappa shape index (κ1) is 15.3. The van der Waals surface area contributed by atoms with Crippen molar-refractivity contribution in [3.63, 3.8) is 0 Å². The molecule has 0 bridgehead atoms. The summed E-state index contributed by atoms with van der Waals surface area (Å²) in [4.78, 5) is 23.9. The number of hydrogen-bond donors (Lipinski definition) is 2. The van der Waals surface area contributed by atoms with Crippen LogP contribution in [0.1, 0.15) is 47.0 Å². The van der Waals surface area contributed by atoms with Gasteiger partial charge in [0.2, 0.25) is 11.8 Å². The summed E-state index contributed by atoms with van der Waals surface area (Å²) in [5, 5.41) is 6.12. The molecule has 4 nitrogen and oxygen atoms in total. The van der Waals surface area contributed by atoms with Crippen LogP contribution in [0.25, 0.3) is 0 Å². The number of carbonyl (C=O) groups is 2. The van der Waals surface area contributed by atoms with Crippen molar-refractivity contribution in [2.75, 3.05) is 6.54 Å². The molecule has 0 spiro atoms. The van der Waals surface area contributed by atoms with Crippen molar-refractivity contribution in [3.05, 3.63) is 0 Å². The quantitative estimate of drug-likeness (QED) is 0.749. The van der Waals surface area contributed by atoms with Crippen molar-refractivity contribution in [2.24, 2.45) is 29.6 Å². The lowest BCUT2D eigenvalue weighted by atomic mass is 10.0. The number of nitrogens with one attached hydrogen (secondary N) is 2. The van der Waals surface area contributed by atoms with E-state index in [0.717, 1.165) is 19.3 Å². The van der Waals surface area contributed by atoms with Crippen molar-refractivity contribution in [2.45, 2.75) is 53.0 Å². The summed E-state index contributed by atoms with van der Waals surface area (Å²) in [7, 11) is 0. The Bertz CT molecular complexity index is 381. The van der Waals surface area contributed by atoms with E-state index >= 15 is 0 Å². The van der Waals surface area contributed by atoms with Crippen LogP contribution in [0, 0.1) is 29.6 Å². The SMILES string of the molecule is CC(C)CC(CNC(=O)C1CC1C)NC(=O)C1CC1C. The molecule has 2 amide bonds. The van der Waals surface area contributed by atoms with Crippen molar-refractivity contribution in [1.82, 2.24) is 10.6 Å². The van der Waals surface area contributed by atoms with Gasteiger partial charge in [-0.25, -0.2) is 0 Å². The number of hydrogen-bond acceptors (Lipinski definition) is 2.